The summed E-state index contributed by atoms with van der Waals surface area (Å²) in [6, 6.07) is 20.5. The highest BCUT2D eigenvalue weighted by Crippen LogP contribution is 2.30. The van der Waals surface area contributed by atoms with E-state index in [1.54, 1.807) is 27.8 Å². The van der Waals surface area contributed by atoms with Crippen molar-refractivity contribution in [3.05, 3.63) is 95.9 Å². The number of anilines is 1. The Balaban J connectivity index is 1.48. The van der Waals surface area contributed by atoms with E-state index in [1.165, 1.54) is 24.3 Å². The Morgan fingerprint density at radius 3 is 2.48 bits per heavy atom. The number of aryl methyl sites for hydroxylation is 1. The second kappa shape index (κ2) is 8.48. The lowest BCUT2D eigenvalue weighted by atomic mass is 10.0. The molecule has 0 atom stereocenters. The number of nitrogens with zero attached hydrogens (tertiary/aromatic N) is 2. The molecule has 1 amide bonds. The molecule has 0 saturated carbocycles. The first-order valence-corrected chi connectivity index (χ1v) is 12.5. The maximum absolute atomic E-state index is 13.3. The molecule has 5 rings (SSSR count). The second-order valence-corrected chi connectivity index (χ2v) is 10.3. The molecule has 0 unspecified atom stereocenters. The predicted molar refractivity (Wildman–Crippen MR) is 126 cm³/mol. The molecule has 0 aliphatic carbocycles. The average molecular weight is 463 g/mol. The summed E-state index contributed by atoms with van der Waals surface area (Å²) in [5, 5.41) is 0.575. The number of amides is 1. The van der Waals surface area contributed by atoms with Crippen molar-refractivity contribution in [2.75, 3.05) is 11.4 Å². The van der Waals surface area contributed by atoms with Gasteiger partial charge in [0.25, 0.3) is 0 Å². The van der Waals surface area contributed by atoms with Gasteiger partial charge in [-0.2, -0.15) is 0 Å². The third kappa shape index (κ3) is 4.16. The normalized spacial score (nSPS) is 13.8. The first-order chi connectivity index (χ1) is 15.9. The zero-order valence-corrected chi connectivity index (χ0v) is 18.8. The van der Waals surface area contributed by atoms with Gasteiger partial charge < -0.3 is 9.47 Å². The zero-order chi connectivity index (χ0) is 23.0. The van der Waals surface area contributed by atoms with Gasteiger partial charge in [-0.15, -0.1) is 0 Å². The molecule has 1 aliphatic heterocycles. The number of fused-ring (bicyclic) bond motifs is 2. The summed E-state index contributed by atoms with van der Waals surface area (Å²) in [6.45, 7) is 0.686. The number of rotatable bonds is 5. The van der Waals surface area contributed by atoms with Crippen molar-refractivity contribution in [2.24, 2.45) is 0 Å². The zero-order valence-electron chi connectivity index (χ0n) is 17.9. The van der Waals surface area contributed by atoms with E-state index in [-0.39, 0.29) is 23.1 Å². The van der Waals surface area contributed by atoms with Crippen molar-refractivity contribution in [2.45, 2.75) is 30.0 Å². The Bertz CT molecular complexity index is 1440. The molecule has 3 aromatic carbocycles. The highest BCUT2D eigenvalue weighted by atomic mass is 32.2. The third-order valence-electron chi connectivity index (χ3n) is 6.07. The Hall–Kier alpha value is -3.45. The lowest BCUT2D eigenvalue weighted by molar-refractivity contribution is -0.119. The predicted octanol–water partition coefficient (Wildman–Crippen LogP) is 4.73. The van der Waals surface area contributed by atoms with Gasteiger partial charge >= 0.3 is 0 Å². The maximum atomic E-state index is 13.3. The lowest BCUT2D eigenvalue weighted by Crippen LogP contribution is -2.37. The first kappa shape index (κ1) is 21.4. The van der Waals surface area contributed by atoms with Crippen LogP contribution in [0.3, 0.4) is 0 Å². The average Bonchev–Trinajstić information content (AvgIpc) is 3.19. The van der Waals surface area contributed by atoms with Crippen LogP contribution >= 0.6 is 0 Å². The number of aromatic nitrogens is 1. The van der Waals surface area contributed by atoms with Crippen LogP contribution in [-0.4, -0.2) is 25.4 Å². The largest absolute Gasteiger partial charge is 0.337 e. The van der Waals surface area contributed by atoms with Gasteiger partial charge in [0.15, 0.2) is 9.84 Å². The second-order valence-electron chi connectivity index (χ2n) is 8.30. The molecule has 0 saturated heterocycles. The van der Waals surface area contributed by atoms with E-state index in [2.05, 4.69) is 0 Å². The highest BCUT2D eigenvalue weighted by molar-refractivity contribution is 7.90. The SMILES string of the molecule is O=C(Cn1cc(S(=O)(=O)Cc2ccc(F)cc2)c2ccccc21)N1CCCc2ccccc21. The Morgan fingerprint density at radius 2 is 1.67 bits per heavy atom. The fraction of sp³-hybridized carbons (Fsp3) is 0.192. The fourth-order valence-electron chi connectivity index (χ4n) is 4.49. The number of benzene rings is 3. The Labute approximate surface area is 192 Å². The summed E-state index contributed by atoms with van der Waals surface area (Å²) in [6.07, 6.45) is 3.39. The number of halogens is 1. The monoisotopic (exact) mass is 462 g/mol. The number of para-hydroxylation sites is 2. The van der Waals surface area contributed by atoms with Gasteiger partial charge in [0.1, 0.15) is 12.4 Å². The van der Waals surface area contributed by atoms with Gasteiger partial charge in [0.05, 0.1) is 10.6 Å². The number of carbonyl (C=O) groups excluding carboxylic acids is 1. The van der Waals surface area contributed by atoms with Crippen LogP contribution in [0.25, 0.3) is 10.9 Å². The molecular formula is C26H23FN2O3S. The van der Waals surface area contributed by atoms with Crippen LogP contribution in [0.1, 0.15) is 17.5 Å². The molecule has 0 bridgehead atoms. The molecule has 33 heavy (non-hydrogen) atoms. The molecule has 0 N–H and O–H groups in total. The standard InChI is InChI=1S/C26H23FN2O3S/c27-21-13-11-19(12-14-21)18-33(31,32)25-16-28(24-10-4-2-8-22(24)25)17-26(30)29-15-5-7-20-6-1-3-9-23(20)29/h1-4,6,8-14,16H,5,7,15,17-18H2. The number of sulfone groups is 1. The summed E-state index contributed by atoms with van der Waals surface area (Å²) < 4.78 is 41.5. The smallest absolute Gasteiger partial charge is 0.246 e. The maximum Gasteiger partial charge on any atom is 0.246 e. The minimum atomic E-state index is -3.71. The molecule has 0 radical (unpaired) electrons. The number of hydrogen-bond donors (Lipinski definition) is 0. The van der Waals surface area contributed by atoms with Gasteiger partial charge in [-0.25, -0.2) is 12.8 Å². The van der Waals surface area contributed by atoms with Crippen molar-refractivity contribution in [3.63, 3.8) is 0 Å². The number of hydrogen-bond acceptors (Lipinski definition) is 3. The van der Waals surface area contributed by atoms with Crippen LogP contribution in [-0.2, 0) is 33.4 Å². The van der Waals surface area contributed by atoms with Gasteiger partial charge in [0.2, 0.25) is 5.91 Å². The van der Waals surface area contributed by atoms with Crippen molar-refractivity contribution in [3.8, 4) is 0 Å². The van der Waals surface area contributed by atoms with Gasteiger partial charge in [-0.05, 0) is 48.2 Å². The van der Waals surface area contributed by atoms with E-state index in [4.69, 9.17) is 0 Å². The fourth-order valence-corrected chi connectivity index (χ4v) is 6.08. The van der Waals surface area contributed by atoms with E-state index in [1.807, 2.05) is 36.4 Å². The third-order valence-corrected chi connectivity index (χ3v) is 7.78. The Morgan fingerprint density at radius 1 is 0.939 bits per heavy atom. The van der Waals surface area contributed by atoms with Crippen molar-refractivity contribution in [1.29, 1.82) is 0 Å². The molecule has 168 valence electrons. The summed E-state index contributed by atoms with van der Waals surface area (Å²) in [4.78, 5) is 15.2. The quantitative estimate of drug-likeness (QED) is 0.431. The van der Waals surface area contributed by atoms with E-state index >= 15 is 0 Å². The number of carbonyl (C=O) groups is 1. The van der Waals surface area contributed by atoms with Crippen molar-refractivity contribution >= 4 is 32.3 Å². The highest BCUT2D eigenvalue weighted by Gasteiger charge is 2.25. The topological polar surface area (TPSA) is 59.4 Å². The molecular weight excluding hydrogens is 439 g/mol. The minimum absolute atomic E-state index is 0.0426. The van der Waals surface area contributed by atoms with Gasteiger partial charge in [-0.1, -0.05) is 48.5 Å². The van der Waals surface area contributed by atoms with Crippen molar-refractivity contribution in [1.82, 2.24) is 4.57 Å². The summed E-state index contributed by atoms with van der Waals surface area (Å²) >= 11 is 0. The van der Waals surface area contributed by atoms with E-state index in [9.17, 15) is 17.6 Å². The Kier molecular flexibility index (Phi) is 5.50. The van der Waals surface area contributed by atoms with Crippen LogP contribution in [0.4, 0.5) is 10.1 Å². The van der Waals surface area contributed by atoms with Crippen LogP contribution in [0.5, 0.6) is 0 Å². The first-order valence-electron chi connectivity index (χ1n) is 10.9. The van der Waals surface area contributed by atoms with Crippen LogP contribution in [0.2, 0.25) is 0 Å². The summed E-state index contributed by atoms with van der Waals surface area (Å²) in [5.74, 6) is -0.731. The summed E-state index contributed by atoms with van der Waals surface area (Å²) in [7, 11) is -3.71. The van der Waals surface area contributed by atoms with Gasteiger partial charge in [0, 0.05) is 29.3 Å². The van der Waals surface area contributed by atoms with Crippen LogP contribution in [0, 0.1) is 5.82 Å². The molecule has 0 spiro atoms. The summed E-state index contributed by atoms with van der Waals surface area (Å²) in [5.41, 5.74) is 3.27. The molecule has 0 fully saturated rings. The molecule has 1 aliphatic rings. The van der Waals surface area contributed by atoms with Gasteiger partial charge in [-0.3, -0.25) is 4.79 Å². The van der Waals surface area contributed by atoms with E-state index in [0.717, 1.165) is 24.1 Å². The molecule has 7 heteroatoms. The molecule has 1 aromatic heterocycles. The molecule has 2 heterocycles. The molecule has 5 nitrogen and oxygen atoms in total. The van der Waals surface area contributed by atoms with E-state index < -0.39 is 15.7 Å². The minimum Gasteiger partial charge on any atom is -0.337 e. The van der Waals surface area contributed by atoms with E-state index in [0.29, 0.717) is 23.0 Å². The lowest BCUT2D eigenvalue weighted by Gasteiger charge is -2.29. The van der Waals surface area contributed by atoms with Crippen LogP contribution < -0.4 is 4.90 Å². The van der Waals surface area contributed by atoms with Crippen molar-refractivity contribution < 1.29 is 17.6 Å². The molecule has 4 aromatic rings. The van der Waals surface area contributed by atoms with Crippen LogP contribution in [0.15, 0.2) is 83.9 Å².